The summed E-state index contributed by atoms with van der Waals surface area (Å²) in [5.74, 6) is 0.388. The van der Waals surface area contributed by atoms with E-state index in [1.54, 1.807) is 30.4 Å². The number of carbonyl (C=O) groups is 1. The molecule has 3 aromatic rings. The topological polar surface area (TPSA) is 89.4 Å². The first kappa shape index (κ1) is 15.0. The molecule has 7 heteroatoms. The molecule has 0 aliphatic heterocycles. The molecule has 0 saturated carbocycles. The second-order valence-corrected chi connectivity index (χ2v) is 5.33. The smallest absolute Gasteiger partial charge is 0.255 e. The monoisotopic (exact) mass is 310 g/mol. The minimum Gasteiger partial charge on any atom is -0.396 e. The van der Waals surface area contributed by atoms with Crippen molar-refractivity contribution in [2.75, 3.05) is 19.3 Å². The van der Waals surface area contributed by atoms with E-state index in [9.17, 15) is 4.79 Å². The van der Waals surface area contributed by atoms with Crippen molar-refractivity contribution in [2.45, 2.75) is 13.3 Å². The zero-order chi connectivity index (χ0) is 16.4. The largest absolute Gasteiger partial charge is 0.396 e. The first-order valence-corrected chi connectivity index (χ1v) is 7.43. The van der Waals surface area contributed by atoms with Crippen molar-refractivity contribution in [1.82, 2.24) is 24.5 Å². The SMILES string of the molecule is CCCN(C)C(=O)c1cc(N)c2nc(-c3ccccn3)nn2c1. The minimum atomic E-state index is -0.0877. The van der Waals surface area contributed by atoms with E-state index in [4.69, 9.17) is 5.73 Å². The molecule has 1 amide bonds. The van der Waals surface area contributed by atoms with Gasteiger partial charge in [-0.25, -0.2) is 9.50 Å². The maximum atomic E-state index is 12.4. The number of pyridine rings is 2. The van der Waals surface area contributed by atoms with Crippen LogP contribution in [0, 0.1) is 0 Å². The molecule has 0 atom stereocenters. The third kappa shape index (κ3) is 2.85. The highest BCUT2D eigenvalue weighted by Crippen LogP contribution is 2.19. The van der Waals surface area contributed by atoms with E-state index in [2.05, 4.69) is 15.1 Å². The van der Waals surface area contributed by atoms with Gasteiger partial charge in [-0.3, -0.25) is 9.78 Å². The number of aromatic nitrogens is 4. The molecule has 0 aromatic carbocycles. The van der Waals surface area contributed by atoms with Crippen LogP contribution in [0.1, 0.15) is 23.7 Å². The molecule has 0 bridgehead atoms. The summed E-state index contributed by atoms with van der Waals surface area (Å²) < 4.78 is 1.53. The molecule has 0 spiro atoms. The standard InChI is InChI=1S/C16H18N6O/c1-3-8-21(2)16(23)11-9-12(17)15-19-14(20-22(15)10-11)13-6-4-5-7-18-13/h4-7,9-10H,3,8,17H2,1-2H3. The van der Waals surface area contributed by atoms with Crippen LogP contribution in [-0.2, 0) is 0 Å². The third-order valence-electron chi connectivity index (χ3n) is 3.51. The molecule has 3 heterocycles. The van der Waals surface area contributed by atoms with Gasteiger partial charge in [0.05, 0.1) is 11.3 Å². The predicted octanol–water partition coefficient (Wildman–Crippen LogP) is 1.86. The summed E-state index contributed by atoms with van der Waals surface area (Å²) in [7, 11) is 1.77. The molecule has 118 valence electrons. The van der Waals surface area contributed by atoms with Gasteiger partial charge in [0.2, 0.25) is 5.82 Å². The van der Waals surface area contributed by atoms with Gasteiger partial charge in [0.25, 0.3) is 5.91 Å². The predicted molar refractivity (Wildman–Crippen MR) is 87.9 cm³/mol. The fraction of sp³-hybridized carbons (Fsp3) is 0.250. The Morgan fingerprint density at radius 3 is 2.91 bits per heavy atom. The lowest BCUT2D eigenvalue weighted by Gasteiger charge is -2.16. The molecule has 0 radical (unpaired) electrons. The average Bonchev–Trinajstić information content (AvgIpc) is 3.00. The van der Waals surface area contributed by atoms with Gasteiger partial charge in [0.1, 0.15) is 5.69 Å². The Hall–Kier alpha value is -2.96. The molecule has 3 rings (SSSR count). The van der Waals surface area contributed by atoms with Gasteiger partial charge >= 0.3 is 0 Å². The van der Waals surface area contributed by atoms with Crippen molar-refractivity contribution >= 4 is 17.2 Å². The third-order valence-corrected chi connectivity index (χ3v) is 3.51. The Kier molecular flexibility index (Phi) is 3.92. The summed E-state index contributed by atoms with van der Waals surface area (Å²) in [5.41, 5.74) is 8.12. The summed E-state index contributed by atoms with van der Waals surface area (Å²) in [5, 5.41) is 4.38. The maximum absolute atomic E-state index is 12.4. The molecule has 0 fully saturated rings. The van der Waals surface area contributed by atoms with Crippen LogP contribution in [0.5, 0.6) is 0 Å². The summed E-state index contributed by atoms with van der Waals surface area (Å²) in [6, 6.07) is 7.16. The Balaban J connectivity index is 2.03. The highest BCUT2D eigenvalue weighted by Gasteiger charge is 2.16. The van der Waals surface area contributed by atoms with Crippen LogP contribution in [0.25, 0.3) is 17.2 Å². The van der Waals surface area contributed by atoms with Crippen molar-refractivity contribution in [3.05, 3.63) is 42.2 Å². The number of hydrogen-bond donors (Lipinski definition) is 1. The second kappa shape index (κ2) is 6.04. The van der Waals surface area contributed by atoms with Gasteiger partial charge in [-0.05, 0) is 24.6 Å². The molecular weight excluding hydrogens is 292 g/mol. The molecule has 0 unspecified atom stereocenters. The number of nitrogen functional groups attached to an aromatic ring is 1. The van der Waals surface area contributed by atoms with Crippen LogP contribution < -0.4 is 5.73 Å². The highest BCUT2D eigenvalue weighted by atomic mass is 16.2. The fourth-order valence-corrected chi connectivity index (χ4v) is 2.39. The van der Waals surface area contributed by atoms with E-state index in [1.165, 1.54) is 4.52 Å². The van der Waals surface area contributed by atoms with E-state index >= 15 is 0 Å². The fourth-order valence-electron chi connectivity index (χ4n) is 2.39. The van der Waals surface area contributed by atoms with E-state index in [0.717, 1.165) is 6.42 Å². The summed E-state index contributed by atoms with van der Waals surface area (Å²) >= 11 is 0. The van der Waals surface area contributed by atoms with E-state index in [1.807, 2.05) is 25.1 Å². The van der Waals surface area contributed by atoms with Crippen LogP contribution in [0.15, 0.2) is 36.7 Å². The summed E-state index contributed by atoms with van der Waals surface area (Å²) in [6.07, 6.45) is 4.23. The number of fused-ring (bicyclic) bond motifs is 1. The van der Waals surface area contributed by atoms with Gasteiger partial charge < -0.3 is 10.6 Å². The first-order chi connectivity index (χ1) is 11.1. The lowest BCUT2D eigenvalue weighted by molar-refractivity contribution is 0.0794. The van der Waals surface area contributed by atoms with E-state index < -0.39 is 0 Å². The van der Waals surface area contributed by atoms with Crippen molar-refractivity contribution in [1.29, 1.82) is 0 Å². The zero-order valence-corrected chi connectivity index (χ0v) is 13.1. The molecule has 7 nitrogen and oxygen atoms in total. The maximum Gasteiger partial charge on any atom is 0.255 e. The van der Waals surface area contributed by atoms with E-state index in [0.29, 0.717) is 35.0 Å². The zero-order valence-electron chi connectivity index (χ0n) is 13.1. The number of hydrogen-bond acceptors (Lipinski definition) is 5. The normalized spacial score (nSPS) is 10.9. The lowest BCUT2D eigenvalue weighted by atomic mass is 10.2. The van der Waals surface area contributed by atoms with Gasteiger partial charge in [-0.2, -0.15) is 0 Å². The van der Waals surface area contributed by atoms with Crippen molar-refractivity contribution in [3.63, 3.8) is 0 Å². The quantitative estimate of drug-likeness (QED) is 0.794. The van der Waals surface area contributed by atoms with Crippen LogP contribution in [0.2, 0.25) is 0 Å². The Bertz CT molecular complexity index is 842. The van der Waals surface area contributed by atoms with Gasteiger partial charge in [0.15, 0.2) is 5.65 Å². The average molecular weight is 310 g/mol. The Labute approximate surface area is 133 Å². The Morgan fingerprint density at radius 1 is 1.39 bits per heavy atom. The first-order valence-electron chi connectivity index (χ1n) is 7.43. The summed E-state index contributed by atoms with van der Waals surface area (Å²) in [6.45, 7) is 2.71. The van der Waals surface area contributed by atoms with E-state index in [-0.39, 0.29) is 5.91 Å². The van der Waals surface area contributed by atoms with Crippen molar-refractivity contribution in [3.8, 4) is 11.5 Å². The number of rotatable bonds is 4. The number of amides is 1. The molecule has 0 saturated heterocycles. The lowest BCUT2D eigenvalue weighted by Crippen LogP contribution is -2.27. The van der Waals surface area contributed by atoms with Crippen LogP contribution in [0.3, 0.4) is 0 Å². The second-order valence-electron chi connectivity index (χ2n) is 5.33. The van der Waals surface area contributed by atoms with Crippen molar-refractivity contribution in [2.24, 2.45) is 0 Å². The van der Waals surface area contributed by atoms with Gasteiger partial charge in [-0.15, -0.1) is 5.10 Å². The number of carbonyl (C=O) groups excluding carboxylic acids is 1. The molecule has 23 heavy (non-hydrogen) atoms. The number of nitrogens with zero attached hydrogens (tertiary/aromatic N) is 5. The molecular formula is C16H18N6O. The highest BCUT2D eigenvalue weighted by molar-refractivity contribution is 5.95. The minimum absolute atomic E-state index is 0.0877. The molecule has 2 N–H and O–H groups in total. The number of nitrogens with two attached hydrogens (primary N) is 1. The molecule has 0 aliphatic carbocycles. The number of anilines is 1. The van der Waals surface area contributed by atoms with Crippen molar-refractivity contribution < 1.29 is 4.79 Å². The molecule has 3 aromatic heterocycles. The van der Waals surface area contributed by atoms with Crippen LogP contribution >= 0.6 is 0 Å². The van der Waals surface area contributed by atoms with Gasteiger partial charge in [0, 0.05) is 26.0 Å². The van der Waals surface area contributed by atoms with Crippen LogP contribution in [0.4, 0.5) is 5.69 Å². The van der Waals surface area contributed by atoms with Gasteiger partial charge in [-0.1, -0.05) is 13.0 Å². The molecule has 0 aliphatic rings. The summed E-state index contributed by atoms with van der Waals surface area (Å²) in [4.78, 5) is 22.7. The van der Waals surface area contributed by atoms with Crippen LogP contribution in [-0.4, -0.2) is 44.0 Å². The Morgan fingerprint density at radius 2 is 2.22 bits per heavy atom.